The normalized spacial score (nSPS) is 21.0. The maximum atomic E-state index is 13.7. The number of rotatable bonds is 4. The molecule has 21 heteroatoms. The highest BCUT2D eigenvalue weighted by molar-refractivity contribution is 5.35. The second-order valence-corrected chi connectivity index (χ2v) is 6.20. The third-order valence-electron chi connectivity index (χ3n) is 4.16. The van der Waals surface area contributed by atoms with E-state index in [4.69, 9.17) is 0 Å². The van der Waals surface area contributed by atoms with Crippen molar-refractivity contribution < 1.29 is 92.5 Å². The molecule has 0 atom stereocenters. The van der Waals surface area contributed by atoms with E-state index in [2.05, 4.69) is 4.74 Å². The molecule has 0 spiro atoms. The second kappa shape index (κ2) is 6.92. The maximum Gasteiger partial charge on any atom is 0.457 e. The van der Waals surface area contributed by atoms with Gasteiger partial charge in [0.1, 0.15) is 0 Å². The molecule has 0 aliphatic carbocycles. The van der Waals surface area contributed by atoms with Crippen LogP contribution >= 0.6 is 0 Å². The van der Waals surface area contributed by atoms with Crippen molar-refractivity contribution in [2.24, 2.45) is 0 Å². The minimum absolute atomic E-state index is 2.11. The molecule has 1 aliphatic rings. The summed E-state index contributed by atoms with van der Waals surface area (Å²) in [5, 5.41) is 0. The fourth-order valence-electron chi connectivity index (χ4n) is 2.47. The molecule has 0 fully saturated rings. The second-order valence-electron chi connectivity index (χ2n) is 6.20. The highest BCUT2D eigenvalue weighted by Crippen LogP contribution is 2.67. The van der Waals surface area contributed by atoms with Gasteiger partial charge in [-0.15, -0.1) is 0 Å². The molecular formula is C12H2F20O. The smallest absolute Gasteiger partial charge is 0.334 e. The van der Waals surface area contributed by atoms with Crippen LogP contribution in [0.4, 0.5) is 87.8 Å². The molecule has 1 aliphatic heterocycles. The van der Waals surface area contributed by atoms with Crippen molar-refractivity contribution in [3.63, 3.8) is 0 Å². The molecule has 0 unspecified atom stereocenters. The molecular weight excluding hydrogens is 540 g/mol. The van der Waals surface area contributed by atoms with E-state index < -0.39 is 71.7 Å². The fraction of sp³-hybridized carbons (Fsp3) is 0.833. The Morgan fingerprint density at radius 3 is 0.606 bits per heavy atom. The van der Waals surface area contributed by atoms with Crippen LogP contribution in [0.5, 0.6) is 0 Å². The molecule has 0 aromatic heterocycles. The summed E-state index contributed by atoms with van der Waals surface area (Å²) in [6.07, 6.45) is -36.0. The first-order valence-electron chi connectivity index (χ1n) is 7.10. The Balaban J connectivity index is 4.23. The largest absolute Gasteiger partial charge is 0.457 e. The van der Waals surface area contributed by atoms with Crippen LogP contribution in [-0.2, 0) is 4.74 Å². The number of halogens is 20. The SMILES string of the molecule is FC(F)(F)C(F)(F)C1(C(F)(F)C(F)(F)F)C=CC(C(F)(F)C(F)(F)F)(C(F)(F)C(F)(F)F)O1. The van der Waals surface area contributed by atoms with Crippen molar-refractivity contribution in [1.29, 1.82) is 0 Å². The molecule has 0 radical (unpaired) electrons. The van der Waals surface area contributed by atoms with Crippen LogP contribution in [0.2, 0.25) is 0 Å². The highest BCUT2D eigenvalue weighted by atomic mass is 19.4. The van der Waals surface area contributed by atoms with E-state index in [1.807, 2.05) is 0 Å². The Hall–Kier alpha value is -1.70. The average molecular weight is 542 g/mol. The van der Waals surface area contributed by atoms with Gasteiger partial charge in [0, 0.05) is 0 Å². The zero-order valence-corrected chi connectivity index (χ0v) is 14.1. The van der Waals surface area contributed by atoms with Crippen LogP contribution in [0.25, 0.3) is 0 Å². The summed E-state index contributed by atoms with van der Waals surface area (Å²) >= 11 is 0. The first-order valence-corrected chi connectivity index (χ1v) is 7.10. The molecule has 0 N–H and O–H groups in total. The van der Waals surface area contributed by atoms with Gasteiger partial charge in [-0.25, -0.2) is 0 Å². The summed E-state index contributed by atoms with van der Waals surface area (Å²) in [5.41, 5.74) is -14.6. The van der Waals surface area contributed by atoms with Crippen molar-refractivity contribution in [2.45, 2.75) is 59.6 Å². The van der Waals surface area contributed by atoms with Gasteiger partial charge in [-0.1, -0.05) is 0 Å². The predicted molar refractivity (Wildman–Crippen MR) is 59.7 cm³/mol. The lowest BCUT2D eigenvalue weighted by molar-refractivity contribution is -0.471. The van der Waals surface area contributed by atoms with Crippen LogP contribution < -0.4 is 0 Å². The van der Waals surface area contributed by atoms with Gasteiger partial charge in [0.2, 0.25) is 11.2 Å². The molecule has 1 rings (SSSR count). The molecule has 1 nitrogen and oxygen atoms in total. The summed E-state index contributed by atoms with van der Waals surface area (Å²) in [5.74, 6) is -31.9. The fourth-order valence-corrected chi connectivity index (χ4v) is 2.47. The lowest BCUT2D eigenvalue weighted by Crippen LogP contribution is -2.76. The molecule has 0 aromatic carbocycles. The molecule has 33 heavy (non-hydrogen) atoms. The minimum atomic E-state index is -7.99. The summed E-state index contributed by atoms with van der Waals surface area (Å²) < 4.78 is 263. The molecule has 0 amide bonds. The Morgan fingerprint density at radius 1 is 0.333 bits per heavy atom. The van der Waals surface area contributed by atoms with Gasteiger partial charge in [0.15, 0.2) is 0 Å². The number of hydrogen-bond acceptors (Lipinski definition) is 1. The summed E-state index contributed by atoms with van der Waals surface area (Å²) in [4.78, 5) is 0. The Bertz CT molecular complexity index is 657. The lowest BCUT2D eigenvalue weighted by Gasteiger charge is -2.48. The van der Waals surface area contributed by atoms with Gasteiger partial charge in [0.25, 0.3) is 0 Å². The van der Waals surface area contributed by atoms with E-state index in [-0.39, 0.29) is 0 Å². The molecule has 1 heterocycles. The molecule has 0 aromatic rings. The molecule has 0 saturated heterocycles. The highest BCUT2D eigenvalue weighted by Gasteiger charge is 2.94. The molecule has 0 bridgehead atoms. The van der Waals surface area contributed by atoms with Crippen molar-refractivity contribution in [1.82, 2.24) is 0 Å². The average Bonchev–Trinajstić information content (AvgIpc) is 2.95. The zero-order chi connectivity index (χ0) is 27.1. The van der Waals surface area contributed by atoms with Crippen LogP contribution in [-0.4, -0.2) is 59.6 Å². The first-order chi connectivity index (χ1) is 13.9. The van der Waals surface area contributed by atoms with E-state index in [1.165, 1.54) is 0 Å². The van der Waals surface area contributed by atoms with Crippen LogP contribution in [0.15, 0.2) is 12.2 Å². The van der Waals surface area contributed by atoms with Gasteiger partial charge >= 0.3 is 48.4 Å². The third-order valence-corrected chi connectivity index (χ3v) is 4.16. The maximum absolute atomic E-state index is 13.7. The van der Waals surface area contributed by atoms with Gasteiger partial charge in [-0.3, -0.25) is 0 Å². The van der Waals surface area contributed by atoms with Crippen molar-refractivity contribution >= 4 is 0 Å². The van der Waals surface area contributed by atoms with Crippen LogP contribution in [0.3, 0.4) is 0 Å². The topological polar surface area (TPSA) is 9.23 Å². The predicted octanol–water partition coefficient (Wildman–Crippen LogP) is 6.84. The van der Waals surface area contributed by atoms with Crippen LogP contribution in [0, 0.1) is 0 Å². The van der Waals surface area contributed by atoms with Gasteiger partial charge < -0.3 is 4.74 Å². The van der Waals surface area contributed by atoms with E-state index in [9.17, 15) is 87.8 Å². The van der Waals surface area contributed by atoms with E-state index in [1.54, 1.807) is 0 Å². The zero-order valence-electron chi connectivity index (χ0n) is 14.1. The lowest BCUT2D eigenvalue weighted by atomic mass is 9.87. The summed E-state index contributed by atoms with van der Waals surface area (Å²) in [6.45, 7) is 0. The standard InChI is InChI=1S/C12H2F20O/c13-5(14,9(21,22)23)3(6(15,16)10(24,25)26)1-2-4(33-3,7(17,18)11(27,28)29)8(19,20)12(30,31)32/h1-2H. The van der Waals surface area contributed by atoms with Crippen molar-refractivity contribution in [2.75, 3.05) is 0 Å². The minimum Gasteiger partial charge on any atom is -0.334 e. The number of ether oxygens (including phenoxy) is 1. The Morgan fingerprint density at radius 2 is 0.485 bits per heavy atom. The van der Waals surface area contributed by atoms with E-state index >= 15 is 0 Å². The summed E-state index contributed by atoms with van der Waals surface area (Å²) in [7, 11) is 0. The van der Waals surface area contributed by atoms with E-state index in [0.29, 0.717) is 0 Å². The third kappa shape index (κ3) is 3.50. The van der Waals surface area contributed by atoms with Crippen molar-refractivity contribution in [3.8, 4) is 0 Å². The summed E-state index contributed by atoms with van der Waals surface area (Å²) in [6, 6.07) is 0. The molecule has 196 valence electrons. The van der Waals surface area contributed by atoms with Crippen molar-refractivity contribution in [3.05, 3.63) is 12.2 Å². The van der Waals surface area contributed by atoms with Gasteiger partial charge in [-0.05, 0) is 12.2 Å². The number of hydrogen-bond donors (Lipinski definition) is 0. The van der Waals surface area contributed by atoms with Crippen LogP contribution in [0.1, 0.15) is 0 Å². The quantitative estimate of drug-likeness (QED) is 0.280. The van der Waals surface area contributed by atoms with Gasteiger partial charge in [-0.2, -0.15) is 87.8 Å². The first kappa shape index (κ1) is 29.3. The van der Waals surface area contributed by atoms with E-state index in [0.717, 1.165) is 0 Å². The molecule has 0 saturated carbocycles. The monoisotopic (exact) mass is 542 g/mol. The number of alkyl halides is 20. The Kier molecular flexibility index (Phi) is 6.15. The Labute approximate surface area is 165 Å². The van der Waals surface area contributed by atoms with Gasteiger partial charge in [0.05, 0.1) is 0 Å².